The van der Waals surface area contributed by atoms with Crippen molar-refractivity contribution in [1.82, 2.24) is 24.5 Å². The van der Waals surface area contributed by atoms with Gasteiger partial charge in [0.2, 0.25) is 0 Å². The molecule has 0 aromatic heterocycles. The molecule has 0 N–H and O–H groups in total. The maximum Gasteiger partial charge on any atom is 0.309 e. The second kappa shape index (κ2) is 85.7. The molecular weight excluding hydrogens is 1750 g/mol. The highest BCUT2D eigenvalue weighted by molar-refractivity contribution is 8.00. The summed E-state index contributed by atoms with van der Waals surface area (Å²) in [5, 5.41) is 0. The third kappa shape index (κ3) is 76.6. The van der Waals surface area contributed by atoms with Crippen LogP contribution in [0.5, 0.6) is 0 Å². The Hall–Kier alpha value is -4.46. The largest absolute Gasteiger partial charge is 0.462 e. The number of hydrogen-bond donors (Lipinski definition) is 0. The van der Waals surface area contributed by atoms with E-state index in [0.717, 1.165) is 75.5 Å². The van der Waals surface area contributed by atoms with Crippen LogP contribution < -0.4 is 0 Å². The van der Waals surface area contributed by atoms with Crippen molar-refractivity contribution in [2.45, 2.75) is 229 Å². The minimum Gasteiger partial charge on any atom is -0.462 e. The molecule has 740 valence electrons. The van der Waals surface area contributed by atoms with Gasteiger partial charge in [-0.25, -0.2) is 0 Å². The number of esters is 12. The average molecular weight is 1920 g/mol. The van der Waals surface area contributed by atoms with E-state index < -0.39 is 59.6 Å². The molecule has 0 aliphatic heterocycles. The summed E-state index contributed by atoms with van der Waals surface area (Å²) >= 11 is 9.82. The van der Waals surface area contributed by atoms with Crippen LogP contribution in [-0.2, 0) is 114 Å². The average Bonchev–Trinajstić information content (AvgIpc) is 0.959. The molecule has 0 saturated heterocycles. The third-order valence-electron chi connectivity index (χ3n) is 20.3. The fourth-order valence-corrected chi connectivity index (χ4v) is 18.1. The SMILES string of the molecule is CCCCCCCCSCC(C)C(=O)OCCOC(=O)CCN(CCSCC(C)C(=O)OCCOC(=O)CCN(C)CCCN(C)CCCN(C)CCC(=O)OCCOC(=O)C(C)CSCCN(CCC(=O)OCCOC(=O)C(C)CSCCCCCCCC)CCC(=O)OCCOC(=O)C(C)CSCCCCCCCC)CCC(=O)OCCOC(=O)C(C)CSC. The zero-order valence-corrected chi connectivity index (χ0v) is 85.0. The van der Waals surface area contributed by atoms with Crippen LogP contribution in [0, 0.1) is 35.5 Å². The Morgan fingerprint density at radius 3 is 0.638 bits per heavy atom. The molecular formula is C92H167N5O24S6. The van der Waals surface area contributed by atoms with E-state index in [-0.39, 0.29) is 192 Å². The van der Waals surface area contributed by atoms with Crippen molar-refractivity contribution in [2.24, 2.45) is 35.5 Å². The van der Waals surface area contributed by atoms with Gasteiger partial charge in [0.1, 0.15) is 79.3 Å². The molecule has 0 aromatic rings. The molecule has 0 rings (SSSR count). The third-order valence-corrected chi connectivity index (χ3v) is 27.5. The van der Waals surface area contributed by atoms with Crippen LogP contribution >= 0.6 is 70.6 Å². The summed E-state index contributed by atoms with van der Waals surface area (Å²) in [5.41, 5.74) is 0. The minimum atomic E-state index is -0.483. The summed E-state index contributed by atoms with van der Waals surface area (Å²) in [6.45, 7) is 22.9. The number of carbonyl (C=O) groups is 12. The van der Waals surface area contributed by atoms with Crippen molar-refractivity contribution in [3.63, 3.8) is 0 Å². The highest BCUT2D eigenvalue weighted by Crippen LogP contribution is 2.20. The zero-order chi connectivity index (χ0) is 94.1. The first-order valence-corrected chi connectivity index (χ1v) is 54.1. The van der Waals surface area contributed by atoms with Crippen LogP contribution in [0.4, 0.5) is 0 Å². The van der Waals surface area contributed by atoms with E-state index in [4.69, 9.17) is 56.8 Å². The molecule has 0 bridgehead atoms. The van der Waals surface area contributed by atoms with Gasteiger partial charge in [0.15, 0.2) is 0 Å². The van der Waals surface area contributed by atoms with Gasteiger partial charge in [-0.1, -0.05) is 159 Å². The summed E-state index contributed by atoms with van der Waals surface area (Å²) in [6.07, 6.45) is 26.1. The van der Waals surface area contributed by atoms with E-state index in [9.17, 15) is 57.5 Å². The van der Waals surface area contributed by atoms with Crippen LogP contribution in [0.2, 0.25) is 0 Å². The van der Waals surface area contributed by atoms with Crippen molar-refractivity contribution in [1.29, 1.82) is 0 Å². The summed E-state index contributed by atoms with van der Waals surface area (Å²) in [5.74, 6) is 0.774. The van der Waals surface area contributed by atoms with Crippen molar-refractivity contribution >= 4 is 142 Å². The normalized spacial score (nSPS) is 12.9. The first kappa shape index (κ1) is 123. The summed E-state index contributed by atoms with van der Waals surface area (Å²) in [7, 11) is 5.95. The van der Waals surface area contributed by atoms with Gasteiger partial charge in [-0.2, -0.15) is 70.6 Å². The monoisotopic (exact) mass is 1920 g/mol. The Kier molecular flexibility index (Phi) is 82.7. The topological polar surface area (TPSA) is 332 Å². The number of rotatable bonds is 89. The van der Waals surface area contributed by atoms with Crippen LogP contribution in [0.25, 0.3) is 0 Å². The van der Waals surface area contributed by atoms with Crippen molar-refractivity contribution < 1.29 is 114 Å². The predicted octanol–water partition coefficient (Wildman–Crippen LogP) is 14.0. The van der Waals surface area contributed by atoms with Gasteiger partial charge in [0.25, 0.3) is 0 Å². The first-order chi connectivity index (χ1) is 61.1. The molecule has 0 saturated carbocycles. The second-order valence-corrected chi connectivity index (χ2v) is 39.3. The fourth-order valence-electron chi connectivity index (χ4n) is 12.2. The Labute approximate surface area is 789 Å². The van der Waals surface area contributed by atoms with Crippen molar-refractivity contribution in [3.05, 3.63) is 0 Å². The molecule has 0 radical (unpaired) electrons. The maximum atomic E-state index is 12.9. The molecule has 6 atom stereocenters. The van der Waals surface area contributed by atoms with Crippen LogP contribution in [-0.4, -0.2) is 345 Å². The molecule has 0 spiro atoms. The van der Waals surface area contributed by atoms with Gasteiger partial charge in [-0.05, 0) is 103 Å². The Morgan fingerprint density at radius 2 is 0.409 bits per heavy atom. The van der Waals surface area contributed by atoms with E-state index in [1.54, 1.807) is 56.1 Å². The standard InChI is InChI=1S/C92H167N5O24S6/c1-14-17-20-23-26-29-64-123-70-76(5)88(105)117-61-55-113-84(101)37-47-96(46-36-83(100)112-54-58-116-87(104)75(4)69-122-13)50-67-126-73-79(8)91(108)120-59-52-110-81(98)34-44-94(11)42-32-40-93(10)41-33-43-95(12)45-35-82(99)111-53-60-121-92(109)80(9)74-127-68-51-97(48-38-85(102)114-56-62-118-89(106)77(6)71-124-65-30-27-24-21-18-15-2)49-39-86(103)115-57-63-119-90(107)78(7)72-125-66-31-28-25-22-19-16-3/h75-80H,14-74H2,1-13H3. The van der Waals surface area contributed by atoms with Gasteiger partial charge in [0, 0.05) is 98.4 Å². The number of unbranched alkanes of at least 4 members (excludes halogenated alkanes) is 15. The smallest absolute Gasteiger partial charge is 0.309 e. The molecule has 0 aromatic carbocycles. The lowest BCUT2D eigenvalue weighted by Gasteiger charge is -2.22. The van der Waals surface area contributed by atoms with E-state index >= 15 is 0 Å². The van der Waals surface area contributed by atoms with Crippen LogP contribution in [0.3, 0.4) is 0 Å². The Balaban J connectivity index is 4.76. The molecule has 0 amide bonds. The molecule has 0 aliphatic rings. The van der Waals surface area contributed by atoms with Gasteiger partial charge >= 0.3 is 71.6 Å². The molecule has 6 unspecified atom stereocenters. The lowest BCUT2D eigenvalue weighted by Crippen LogP contribution is -2.32. The number of nitrogens with zero attached hydrogens (tertiary/aromatic N) is 5. The lowest BCUT2D eigenvalue weighted by molar-refractivity contribution is -0.154. The second-order valence-electron chi connectivity index (χ2n) is 32.7. The summed E-state index contributed by atoms with van der Waals surface area (Å²) in [4.78, 5) is 162. The van der Waals surface area contributed by atoms with E-state index in [2.05, 4.69) is 42.5 Å². The lowest BCUT2D eigenvalue weighted by atomic mass is 10.1. The van der Waals surface area contributed by atoms with Gasteiger partial charge < -0.3 is 81.3 Å². The number of carbonyl (C=O) groups excluding carboxylic acids is 12. The van der Waals surface area contributed by atoms with Gasteiger partial charge in [0.05, 0.1) is 74.0 Å². The van der Waals surface area contributed by atoms with E-state index in [1.807, 2.05) is 50.9 Å². The minimum absolute atomic E-state index is 0.0249. The molecule has 0 fully saturated rings. The summed E-state index contributed by atoms with van der Waals surface area (Å²) < 4.78 is 64.5. The summed E-state index contributed by atoms with van der Waals surface area (Å²) in [6, 6.07) is 0. The van der Waals surface area contributed by atoms with Crippen molar-refractivity contribution in [2.75, 3.05) is 248 Å². The fraction of sp³-hybridized carbons (Fsp3) is 0.870. The predicted molar refractivity (Wildman–Crippen MR) is 514 cm³/mol. The zero-order valence-electron chi connectivity index (χ0n) is 80.1. The Morgan fingerprint density at radius 1 is 0.220 bits per heavy atom. The quantitative estimate of drug-likeness (QED) is 0.0310. The maximum absolute atomic E-state index is 12.9. The molecule has 0 heterocycles. The first-order valence-electron chi connectivity index (χ1n) is 47.0. The van der Waals surface area contributed by atoms with E-state index in [1.165, 1.54) is 132 Å². The van der Waals surface area contributed by atoms with Crippen LogP contribution in [0.15, 0.2) is 0 Å². The van der Waals surface area contributed by atoms with Gasteiger partial charge in [-0.15, -0.1) is 0 Å². The van der Waals surface area contributed by atoms with Crippen molar-refractivity contribution in [3.8, 4) is 0 Å². The number of ether oxygens (including phenoxy) is 12. The van der Waals surface area contributed by atoms with E-state index in [0.29, 0.717) is 72.2 Å². The molecule has 127 heavy (non-hydrogen) atoms. The highest BCUT2D eigenvalue weighted by atomic mass is 32.2. The van der Waals surface area contributed by atoms with Crippen LogP contribution in [0.1, 0.15) is 229 Å². The molecule has 35 heteroatoms. The number of thioether (sulfide) groups is 6. The Bertz CT molecular complexity index is 2810. The number of hydrogen-bond acceptors (Lipinski definition) is 35. The van der Waals surface area contributed by atoms with Gasteiger partial charge in [-0.3, -0.25) is 57.5 Å². The highest BCUT2D eigenvalue weighted by Gasteiger charge is 2.24. The molecule has 0 aliphatic carbocycles. The molecule has 29 nitrogen and oxygen atoms in total.